The zero-order chi connectivity index (χ0) is 13.9. The Kier molecular flexibility index (Phi) is 3.04. The quantitative estimate of drug-likeness (QED) is 0.788. The van der Waals surface area contributed by atoms with Crippen molar-refractivity contribution >= 4 is 10.9 Å². The number of aromatic amines is 1. The molecule has 0 aliphatic carbocycles. The number of nitrogens with zero attached hydrogens (tertiary/aromatic N) is 2. The Morgan fingerprint density at radius 1 is 1.20 bits per heavy atom. The maximum Gasteiger partial charge on any atom is 0.302 e. The second kappa shape index (κ2) is 5.00. The third kappa shape index (κ3) is 2.31. The Morgan fingerprint density at radius 2 is 2.05 bits per heavy atom. The first-order chi connectivity index (χ1) is 9.76. The SMILES string of the molecule is COc1cccc(Oc2nc3cnccc3c(=O)[nH]2)c1. The van der Waals surface area contributed by atoms with Gasteiger partial charge in [-0.3, -0.25) is 14.8 Å². The number of pyridine rings is 1. The van der Waals surface area contributed by atoms with Crippen molar-refractivity contribution < 1.29 is 9.47 Å². The second-order valence-corrected chi connectivity index (χ2v) is 4.04. The number of hydrogen-bond donors (Lipinski definition) is 1. The van der Waals surface area contributed by atoms with E-state index in [0.29, 0.717) is 22.4 Å². The van der Waals surface area contributed by atoms with Gasteiger partial charge in [0.2, 0.25) is 0 Å². The fourth-order valence-corrected chi connectivity index (χ4v) is 1.79. The maximum absolute atomic E-state index is 11.9. The van der Waals surface area contributed by atoms with Gasteiger partial charge < -0.3 is 9.47 Å². The number of ether oxygens (including phenoxy) is 2. The summed E-state index contributed by atoms with van der Waals surface area (Å²) >= 11 is 0. The smallest absolute Gasteiger partial charge is 0.302 e. The number of methoxy groups -OCH3 is 1. The van der Waals surface area contributed by atoms with Crippen molar-refractivity contribution in [3.05, 3.63) is 53.1 Å². The number of nitrogens with one attached hydrogen (secondary N) is 1. The lowest BCUT2D eigenvalue weighted by atomic mass is 10.3. The molecule has 0 atom stereocenters. The van der Waals surface area contributed by atoms with Crippen molar-refractivity contribution in [3.8, 4) is 17.5 Å². The van der Waals surface area contributed by atoms with E-state index in [2.05, 4.69) is 15.0 Å². The van der Waals surface area contributed by atoms with Crippen molar-refractivity contribution in [2.75, 3.05) is 7.11 Å². The summed E-state index contributed by atoms with van der Waals surface area (Å²) < 4.78 is 10.6. The van der Waals surface area contributed by atoms with Gasteiger partial charge >= 0.3 is 6.01 Å². The van der Waals surface area contributed by atoms with Gasteiger partial charge in [0, 0.05) is 12.3 Å². The highest BCUT2D eigenvalue weighted by molar-refractivity contribution is 5.76. The highest BCUT2D eigenvalue weighted by Gasteiger charge is 2.06. The molecule has 0 unspecified atom stereocenters. The fourth-order valence-electron chi connectivity index (χ4n) is 1.79. The van der Waals surface area contributed by atoms with Crippen LogP contribution >= 0.6 is 0 Å². The van der Waals surface area contributed by atoms with E-state index in [4.69, 9.17) is 9.47 Å². The first-order valence-electron chi connectivity index (χ1n) is 5.92. The molecular weight excluding hydrogens is 258 g/mol. The van der Waals surface area contributed by atoms with Gasteiger partial charge in [0.15, 0.2) is 0 Å². The van der Waals surface area contributed by atoms with Gasteiger partial charge in [-0.15, -0.1) is 0 Å². The van der Waals surface area contributed by atoms with Gasteiger partial charge in [0.25, 0.3) is 5.56 Å². The Labute approximate surface area is 114 Å². The number of H-pyrrole nitrogens is 1. The van der Waals surface area contributed by atoms with Gasteiger partial charge in [-0.05, 0) is 18.2 Å². The largest absolute Gasteiger partial charge is 0.497 e. The van der Waals surface area contributed by atoms with E-state index in [1.54, 1.807) is 43.6 Å². The molecular formula is C14H11N3O3. The minimum atomic E-state index is -0.268. The zero-order valence-corrected chi connectivity index (χ0v) is 10.7. The van der Waals surface area contributed by atoms with E-state index in [1.807, 2.05) is 0 Å². The predicted molar refractivity (Wildman–Crippen MR) is 73.2 cm³/mol. The summed E-state index contributed by atoms with van der Waals surface area (Å²) in [5.41, 5.74) is 0.212. The molecule has 0 saturated heterocycles. The summed E-state index contributed by atoms with van der Waals surface area (Å²) in [5.74, 6) is 1.18. The first kappa shape index (κ1) is 12.2. The van der Waals surface area contributed by atoms with E-state index in [-0.39, 0.29) is 11.6 Å². The molecule has 100 valence electrons. The van der Waals surface area contributed by atoms with Crippen LogP contribution in [0.4, 0.5) is 0 Å². The summed E-state index contributed by atoms with van der Waals surface area (Å²) in [6.45, 7) is 0. The van der Waals surface area contributed by atoms with Crippen LogP contribution < -0.4 is 15.0 Å². The molecule has 0 fully saturated rings. The summed E-state index contributed by atoms with van der Waals surface area (Å²) in [6.07, 6.45) is 3.06. The van der Waals surface area contributed by atoms with Crippen LogP contribution in [0, 0.1) is 0 Å². The zero-order valence-electron chi connectivity index (χ0n) is 10.7. The lowest BCUT2D eigenvalue weighted by Crippen LogP contribution is -2.09. The van der Waals surface area contributed by atoms with Crippen molar-refractivity contribution in [1.82, 2.24) is 15.0 Å². The molecule has 3 rings (SSSR count). The average molecular weight is 269 g/mol. The van der Waals surface area contributed by atoms with E-state index in [0.717, 1.165) is 0 Å². The number of aromatic nitrogens is 3. The molecule has 6 nitrogen and oxygen atoms in total. The standard InChI is InChI=1S/C14H11N3O3/c1-19-9-3-2-4-10(7-9)20-14-16-12-8-15-6-5-11(12)13(18)17-14/h2-8H,1H3,(H,16,17,18). The molecule has 0 aliphatic rings. The molecule has 6 heteroatoms. The van der Waals surface area contributed by atoms with Gasteiger partial charge in [-0.1, -0.05) is 6.07 Å². The van der Waals surface area contributed by atoms with Gasteiger partial charge in [0.05, 0.1) is 24.2 Å². The summed E-state index contributed by atoms with van der Waals surface area (Å²) in [4.78, 5) is 22.6. The number of benzene rings is 1. The molecule has 2 aromatic heterocycles. The first-order valence-corrected chi connectivity index (χ1v) is 5.92. The molecule has 3 aromatic rings. The number of rotatable bonds is 3. The molecule has 0 bridgehead atoms. The predicted octanol–water partition coefficient (Wildman–Crippen LogP) is 2.12. The van der Waals surface area contributed by atoms with Crippen LogP contribution in [0.5, 0.6) is 17.5 Å². The van der Waals surface area contributed by atoms with Gasteiger partial charge in [-0.25, -0.2) is 0 Å². The molecule has 0 amide bonds. The topological polar surface area (TPSA) is 77.1 Å². The van der Waals surface area contributed by atoms with E-state index in [9.17, 15) is 4.79 Å². The maximum atomic E-state index is 11.9. The van der Waals surface area contributed by atoms with E-state index < -0.39 is 0 Å². The molecule has 0 aliphatic heterocycles. The van der Waals surface area contributed by atoms with Crippen LogP contribution in [0.15, 0.2) is 47.5 Å². The highest BCUT2D eigenvalue weighted by Crippen LogP contribution is 2.22. The summed E-state index contributed by atoms with van der Waals surface area (Å²) in [6, 6.07) is 8.76. The minimum absolute atomic E-state index is 0.115. The van der Waals surface area contributed by atoms with Crippen molar-refractivity contribution in [3.63, 3.8) is 0 Å². The Balaban J connectivity index is 2.00. The number of hydrogen-bond acceptors (Lipinski definition) is 5. The Morgan fingerprint density at radius 3 is 2.90 bits per heavy atom. The minimum Gasteiger partial charge on any atom is -0.497 e. The molecule has 1 aromatic carbocycles. The van der Waals surface area contributed by atoms with Crippen molar-refractivity contribution in [2.45, 2.75) is 0 Å². The van der Waals surface area contributed by atoms with Crippen LogP contribution in [0.2, 0.25) is 0 Å². The van der Waals surface area contributed by atoms with Gasteiger partial charge in [0.1, 0.15) is 11.5 Å². The monoisotopic (exact) mass is 269 g/mol. The molecule has 2 heterocycles. The lowest BCUT2D eigenvalue weighted by molar-refractivity contribution is 0.404. The Bertz CT molecular complexity index is 814. The average Bonchev–Trinajstić information content (AvgIpc) is 2.47. The fraction of sp³-hybridized carbons (Fsp3) is 0.0714. The van der Waals surface area contributed by atoms with Crippen LogP contribution in [-0.2, 0) is 0 Å². The van der Waals surface area contributed by atoms with E-state index in [1.165, 1.54) is 6.20 Å². The third-order valence-corrected chi connectivity index (χ3v) is 2.74. The van der Waals surface area contributed by atoms with Gasteiger partial charge in [-0.2, -0.15) is 4.98 Å². The number of fused-ring (bicyclic) bond motifs is 1. The summed E-state index contributed by atoms with van der Waals surface area (Å²) in [5, 5.41) is 0.470. The van der Waals surface area contributed by atoms with Crippen LogP contribution in [0.1, 0.15) is 0 Å². The van der Waals surface area contributed by atoms with Crippen LogP contribution in [-0.4, -0.2) is 22.1 Å². The molecule has 20 heavy (non-hydrogen) atoms. The summed E-state index contributed by atoms with van der Waals surface area (Å²) in [7, 11) is 1.57. The Hall–Kier alpha value is -2.89. The molecule has 0 radical (unpaired) electrons. The molecule has 0 spiro atoms. The highest BCUT2D eigenvalue weighted by atomic mass is 16.5. The lowest BCUT2D eigenvalue weighted by Gasteiger charge is -2.06. The van der Waals surface area contributed by atoms with Crippen LogP contribution in [0.3, 0.4) is 0 Å². The molecule has 0 saturated carbocycles. The third-order valence-electron chi connectivity index (χ3n) is 2.74. The van der Waals surface area contributed by atoms with Crippen molar-refractivity contribution in [1.29, 1.82) is 0 Å². The normalized spacial score (nSPS) is 10.4. The molecule has 1 N–H and O–H groups in total. The van der Waals surface area contributed by atoms with Crippen LogP contribution in [0.25, 0.3) is 10.9 Å². The van der Waals surface area contributed by atoms with E-state index >= 15 is 0 Å². The van der Waals surface area contributed by atoms with Crippen molar-refractivity contribution in [2.24, 2.45) is 0 Å². The second-order valence-electron chi connectivity index (χ2n) is 4.04.